The third-order valence-corrected chi connectivity index (χ3v) is 3.92. The average molecular weight is 298 g/mol. The van der Waals surface area contributed by atoms with Gasteiger partial charge in [-0.25, -0.2) is 10.9 Å². The van der Waals surface area contributed by atoms with E-state index in [4.69, 9.17) is 4.74 Å². The highest BCUT2D eigenvalue weighted by Crippen LogP contribution is 2.19. The molecule has 1 aliphatic rings. The van der Waals surface area contributed by atoms with Gasteiger partial charge >= 0.3 is 0 Å². The van der Waals surface area contributed by atoms with Crippen molar-refractivity contribution >= 4 is 0 Å². The molecular weight excluding hydrogens is 276 g/mol. The molecule has 0 radical (unpaired) electrons. The van der Waals surface area contributed by atoms with Crippen molar-refractivity contribution in [3.05, 3.63) is 64.7 Å². The van der Waals surface area contributed by atoms with Gasteiger partial charge in [-0.05, 0) is 48.2 Å². The van der Waals surface area contributed by atoms with Crippen molar-refractivity contribution < 1.29 is 4.74 Å². The molecule has 1 aliphatic heterocycles. The lowest BCUT2D eigenvalue weighted by Crippen LogP contribution is -2.35. The summed E-state index contributed by atoms with van der Waals surface area (Å²) in [6.07, 6.45) is 1.02. The smallest absolute Gasteiger partial charge is 0.120 e. The molecule has 0 bridgehead atoms. The van der Waals surface area contributed by atoms with Crippen molar-refractivity contribution in [1.82, 2.24) is 21.9 Å². The van der Waals surface area contributed by atoms with Crippen LogP contribution in [0.3, 0.4) is 0 Å². The monoisotopic (exact) mass is 298 g/mol. The molecular formula is C17H22N4O. The Morgan fingerprint density at radius 2 is 1.64 bits per heavy atom. The first-order chi connectivity index (χ1) is 10.7. The zero-order chi connectivity index (χ0) is 15.4. The Kier molecular flexibility index (Phi) is 4.70. The summed E-state index contributed by atoms with van der Waals surface area (Å²) in [6, 6.07) is 14.6. The quantitative estimate of drug-likeness (QED) is 0.679. The van der Waals surface area contributed by atoms with Crippen molar-refractivity contribution in [1.29, 1.82) is 0 Å². The van der Waals surface area contributed by atoms with Crippen LogP contribution in [-0.4, -0.2) is 6.17 Å². The Hall–Kier alpha value is -1.92. The number of aryl methyl sites for hydroxylation is 2. The highest BCUT2D eigenvalue weighted by molar-refractivity contribution is 5.34. The van der Waals surface area contributed by atoms with Crippen LogP contribution in [0, 0.1) is 13.8 Å². The number of hydrogen-bond acceptors (Lipinski definition) is 5. The van der Waals surface area contributed by atoms with Crippen LogP contribution in [0.4, 0.5) is 0 Å². The van der Waals surface area contributed by atoms with Gasteiger partial charge in [-0.15, -0.1) is 0 Å². The molecule has 1 heterocycles. The number of rotatable bonds is 5. The Balaban J connectivity index is 1.65. The van der Waals surface area contributed by atoms with Gasteiger partial charge in [-0.2, -0.15) is 11.1 Å². The van der Waals surface area contributed by atoms with E-state index in [1.807, 2.05) is 12.1 Å². The van der Waals surface area contributed by atoms with E-state index in [9.17, 15) is 0 Å². The summed E-state index contributed by atoms with van der Waals surface area (Å²) < 4.78 is 5.99. The van der Waals surface area contributed by atoms with Gasteiger partial charge in [-0.1, -0.05) is 30.3 Å². The second-order valence-electron chi connectivity index (χ2n) is 5.60. The molecule has 0 aromatic heterocycles. The van der Waals surface area contributed by atoms with Gasteiger partial charge in [0.1, 0.15) is 12.4 Å². The summed E-state index contributed by atoms with van der Waals surface area (Å²) >= 11 is 0. The van der Waals surface area contributed by atoms with E-state index >= 15 is 0 Å². The van der Waals surface area contributed by atoms with Crippen molar-refractivity contribution in [3.8, 4) is 5.75 Å². The number of nitrogens with one attached hydrogen (secondary N) is 4. The summed E-state index contributed by atoms with van der Waals surface area (Å²) in [5.74, 6) is 0.902. The molecule has 0 amide bonds. The van der Waals surface area contributed by atoms with Gasteiger partial charge in [-0.3, -0.25) is 0 Å². The molecule has 1 fully saturated rings. The molecule has 1 saturated heterocycles. The molecule has 4 N–H and O–H groups in total. The zero-order valence-electron chi connectivity index (χ0n) is 12.9. The van der Waals surface area contributed by atoms with Gasteiger partial charge in [0.05, 0.1) is 6.17 Å². The predicted molar refractivity (Wildman–Crippen MR) is 86.7 cm³/mol. The van der Waals surface area contributed by atoms with Crippen LogP contribution in [-0.2, 0) is 13.0 Å². The van der Waals surface area contributed by atoms with Crippen molar-refractivity contribution in [2.24, 2.45) is 0 Å². The van der Waals surface area contributed by atoms with Gasteiger partial charge in [0.2, 0.25) is 0 Å². The first kappa shape index (κ1) is 15.0. The van der Waals surface area contributed by atoms with Crippen molar-refractivity contribution in [3.63, 3.8) is 0 Å². The van der Waals surface area contributed by atoms with E-state index in [1.54, 1.807) is 0 Å². The summed E-state index contributed by atoms with van der Waals surface area (Å²) in [6.45, 7) is 4.85. The first-order valence-electron chi connectivity index (χ1n) is 7.50. The number of hydrazine groups is 3. The normalized spacial score (nSPS) is 15.2. The highest BCUT2D eigenvalue weighted by atomic mass is 16.5. The Labute approximate surface area is 131 Å². The lowest BCUT2D eigenvalue weighted by molar-refractivity contribution is 0.304. The number of hydrogen-bond donors (Lipinski definition) is 4. The minimum Gasteiger partial charge on any atom is -0.489 e. The van der Waals surface area contributed by atoms with Crippen molar-refractivity contribution in [2.75, 3.05) is 0 Å². The van der Waals surface area contributed by atoms with Crippen LogP contribution in [0.25, 0.3) is 0 Å². The third-order valence-electron chi connectivity index (χ3n) is 3.92. The second-order valence-corrected chi connectivity index (χ2v) is 5.60. The Bertz CT molecular complexity index is 618. The fraction of sp³-hybridized carbons (Fsp3) is 0.294. The Morgan fingerprint density at radius 1 is 0.955 bits per heavy atom. The molecule has 0 spiro atoms. The maximum Gasteiger partial charge on any atom is 0.120 e. The van der Waals surface area contributed by atoms with E-state index < -0.39 is 0 Å². The van der Waals surface area contributed by atoms with E-state index in [0.717, 1.165) is 12.2 Å². The minimum absolute atomic E-state index is 0.161. The Morgan fingerprint density at radius 3 is 2.36 bits per heavy atom. The van der Waals surface area contributed by atoms with Crippen LogP contribution < -0.4 is 26.7 Å². The lowest BCUT2D eigenvalue weighted by Gasteiger charge is -2.13. The average Bonchev–Trinajstić information content (AvgIpc) is 3.00. The zero-order valence-corrected chi connectivity index (χ0v) is 12.9. The largest absolute Gasteiger partial charge is 0.489 e. The molecule has 116 valence electrons. The number of ether oxygens (including phenoxy) is 1. The predicted octanol–water partition coefficient (Wildman–Crippen LogP) is 1.87. The van der Waals surface area contributed by atoms with E-state index in [2.05, 4.69) is 66.1 Å². The van der Waals surface area contributed by atoms with E-state index in [0.29, 0.717) is 6.61 Å². The topological polar surface area (TPSA) is 57.4 Å². The van der Waals surface area contributed by atoms with Crippen LogP contribution in [0.15, 0.2) is 42.5 Å². The molecule has 0 unspecified atom stereocenters. The number of benzene rings is 2. The summed E-state index contributed by atoms with van der Waals surface area (Å²) in [7, 11) is 0. The second kappa shape index (κ2) is 6.89. The standard InChI is InChI=1S/C17H22N4O/c1-12-5-3-6-13(2)16(12)11-22-15-8-4-7-14(9-15)10-17-18-20-21-19-17/h3-9,17-21H,10-11H2,1-2H3. The minimum atomic E-state index is 0.161. The first-order valence-corrected chi connectivity index (χ1v) is 7.50. The fourth-order valence-electron chi connectivity index (χ4n) is 2.61. The molecule has 0 saturated carbocycles. The molecule has 3 rings (SSSR count). The van der Waals surface area contributed by atoms with E-state index in [-0.39, 0.29) is 6.17 Å². The lowest BCUT2D eigenvalue weighted by atomic mass is 10.0. The molecule has 0 aliphatic carbocycles. The van der Waals surface area contributed by atoms with Crippen molar-refractivity contribution in [2.45, 2.75) is 33.0 Å². The van der Waals surface area contributed by atoms with Gasteiger partial charge < -0.3 is 4.74 Å². The van der Waals surface area contributed by atoms with Crippen LogP contribution in [0.1, 0.15) is 22.3 Å². The van der Waals surface area contributed by atoms with Crippen LogP contribution >= 0.6 is 0 Å². The summed E-state index contributed by atoms with van der Waals surface area (Å²) in [4.78, 5) is 0. The van der Waals surface area contributed by atoms with Crippen LogP contribution in [0.2, 0.25) is 0 Å². The summed E-state index contributed by atoms with van der Waals surface area (Å²) in [5, 5.41) is 0. The molecule has 2 aromatic carbocycles. The molecule has 5 heteroatoms. The molecule has 5 nitrogen and oxygen atoms in total. The van der Waals surface area contributed by atoms with Gasteiger partial charge in [0, 0.05) is 6.42 Å². The van der Waals surface area contributed by atoms with Gasteiger partial charge in [0.25, 0.3) is 0 Å². The SMILES string of the molecule is Cc1cccc(C)c1COc1cccc(CC2NNNN2)c1. The molecule has 22 heavy (non-hydrogen) atoms. The van der Waals surface area contributed by atoms with Gasteiger partial charge in [0.15, 0.2) is 0 Å². The fourth-order valence-corrected chi connectivity index (χ4v) is 2.61. The maximum absolute atomic E-state index is 5.99. The van der Waals surface area contributed by atoms with Crippen LogP contribution in [0.5, 0.6) is 5.75 Å². The highest BCUT2D eigenvalue weighted by Gasteiger charge is 2.13. The summed E-state index contributed by atoms with van der Waals surface area (Å²) in [5.41, 5.74) is 16.8. The molecule has 0 atom stereocenters. The third kappa shape index (κ3) is 3.64. The maximum atomic E-state index is 5.99. The van der Waals surface area contributed by atoms with E-state index in [1.165, 1.54) is 22.3 Å². The molecule has 2 aromatic rings.